The molecule has 0 atom stereocenters. The van der Waals surface area contributed by atoms with E-state index in [-0.39, 0.29) is 5.56 Å². The highest BCUT2D eigenvalue weighted by atomic mass is 16.3. The molecule has 2 N–H and O–H groups in total. The second kappa shape index (κ2) is 10.3. The number of nitrogens with zero attached hydrogens (tertiary/aromatic N) is 2. The van der Waals surface area contributed by atoms with Crippen molar-refractivity contribution in [1.82, 2.24) is 9.55 Å². The van der Waals surface area contributed by atoms with Crippen LogP contribution in [0.15, 0.2) is 137 Å². The Morgan fingerprint density at radius 2 is 1.07 bits per heavy atom. The first-order valence-electron chi connectivity index (χ1n) is 12.9. The third kappa shape index (κ3) is 4.52. The van der Waals surface area contributed by atoms with Crippen molar-refractivity contribution in [2.24, 2.45) is 7.05 Å². The van der Waals surface area contributed by atoms with E-state index >= 15 is 0 Å². The number of nitrogens with one attached hydrogen (secondary N) is 1. The zero-order valence-corrected chi connectivity index (χ0v) is 21.8. The number of H-pyrrole nitrogens is 1. The number of aromatic nitrogens is 3. The molecule has 2 aromatic heterocycles. The van der Waals surface area contributed by atoms with Crippen LogP contribution in [0.1, 0.15) is 0 Å². The highest BCUT2D eigenvalue weighted by Gasteiger charge is 2.25. The maximum Gasteiger partial charge on any atom is 0.330 e. The molecule has 0 aliphatic heterocycles. The van der Waals surface area contributed by atoms with Gasteiger partial charge in [0.15, 0.2) is 0 Å². The van der Waals surface area contributed by atoms with E-state index in [0.717, 1.165) is 43.9 Å². The SMILES string of the molecule is Cn1c(=O)[nH]c(O)c(-c2ccc(-[n+]3c(-c4ccccc4)cc(-c4ccccc4)cc3-c3ccccc3)cc2)c1=O. The maximum atomic E-state index is 12.8. The number of aromatic hydroxyl groups is 1. The molecule has 6 heteroatoms. The monoisotopic (exact) mass is 524 g/mol. The molecule has 0 unspecified atom stereocenters. The van der Waals surface area contributed by atoms with Crippen LogP contribution in [0.2, 0.25) is 0 Å². The number of pyridine rings is 1. The van der Waals surface area contributed by atoms with E-state index in [2.05, 4.69) is 58.1 Å². The Labute approximate surface area is 230 Å². The van der Waals surface area contributed by atoms with E-state index in [9.17, 15) is 14.7 Å². The summed E-state index contributed by atoms with van der Waals surface area (Å²) in [6.07, 6.45) is 0. The zero-order valence-electron chi connectivity index (χ0n) is 21.8. The number of hydrogen-bond acceptors (Lipinski definition) is 3. The lowest BCUT2D eigenvalue weighted by Gasteiger charge is -2.13. The summed E-state index contributed by atoms with van der Waals surface area (Å²) in [5, 5.41) is 10.4. The molecule has 6 nitrogen and oxygen atoms in total. The third-order valence-corrected chi connectivity index (χ3v) is 7.01. The van der Waals surface area contributed by atoms with Gasteiger partial charge < -0.3 is 5.11 Å². The van der Waals surface area contributed by atoms with Gasteiger partial charge in [-0.1, -0.05) is 66.7 Å². The Morgan fingerprint density at radius 3 is 1.57 bits per heavy atom. The number of aromatic amines is 1. The molecular weight excluding hydrogens is 498 g/mol. The molecule has 0 saturated carbocycles. The van der Waals surface area contributed by atoms with Crippen molar-refractivity contribution in [1.29, 1.82) is 0 Å². The molecule has 0 amide bonds. The Hall–Kier alpha value is -5.49. The highest BCUT2D eigenvalue weighted by Crippen LogP contribution is 2.31. The van der Waals surface area contributed by atoms with Crippen LogP contribution in [0.4, 0.5) is 0 Å². The van der Waals surface area contributed by atoms with Gasteiger partial charge in [-0.2, -0.15) is 4.57 Å². The van der Waals surface area contributed by atoms with Crippen molar-refractivity contribution in [3.8, 4) is 56.3 Å². The summed E-state index contributed by atoms with van der Waals surface area (Å²) in [6, 6.07) is 42.5. The minimum Gasteiger partial charge on any atom is -0.494 e. The average Bonchev–Trinajstić information content (AvgIpc) is 3.01. The van der Waals surface area contributed by atoms with Gasteiger partial charge >= 0.3 is 5.69 Å². The zero-order chi connectivity index (χ0) is 27.6. The van der Waals surface area contributed by atoms with Crippen molar-refractivity contribution in [3.05, 3.63) is 148 Å². The van der Waals surface area contributed by atoms with Crippen LogP contribution in [0, 0.1) is 0 Å². The molecule has 40 heavy (non-hydrogen) atoms. The van der Waals surface area contributed by atoms with Crippen LogP contribution in [0.5, 0.6) is 5.88 Å². The van der Waals surface area contributed by atoms with Gasteiger partial charge in [0.1, 0.15) is 5.56 Å². The predicted molar refractivity (Wildman–Crippen MR) is 157 cm³/mol. The fourth-order valence-corrected chi connectivity index (χ4v) is 4.96. The molecule has 0 bridgehead atoms. The lowest BCUT2D eigenvalue weighted by Crippen LogP contribution is -2.36. The molecule has 194 valence electrons. The highest BCUT2D eigenvalue weighted by molar-refractivity contribution is 5.74. The Kier molecular flexibility index (Phi) is 6.42. The molecule has 6 rings (SSSR count). The van der Waals surface area contributed by atoms with Crippen LogP contribution in [0.25, 0.3) is 50.5 Å². The van der Waals surface area contributed by atoms with E-state index in [4.69, 9.17) is 0 Å². The first kappa shape index (κ1) is 24.8. The van der Waals surface area contributed by atoms with Gasteiger partial charge in [0.05, 0.1) is 0 Å². The Morgan fingerprint density at radius 1 is 0.600 bits per heavy atom. The summed E-state index contributed by atoms with van der Waals surface area (Å²) in [5.41, 5.74) is 6.49. The minimum atomic E-state index is -0.670. The van der Waals surface area contributed by atoms with Gasteiger partial charge in [0.25, 0.3) is 5.56 Å². The average molecular weight is 525 g/mol. The van der Waals surface area contributed by atoms with Gasteiger partial charge in [0, 0.05) is 42.4 Å². The molecule has 6 aromatic rings. The van der Waals surface area contributed by atoms with E-state index in [0.29, 0.717) is 5.56 Å². The van der Waals surface area contributed by atoms with Crippen molar-refractivity contribution in [2.45, 2.75) is 0 Å². The maximum absolute atomic E-state index is 12.8. The van der Waals surface area contributed by atoms with Crippen LogP contribution >= 0.6 is 0 Å². The molecule has 4 aromatic carbocycles. The largest absolute Gasteiger partial charge is 0.494 e. The Balaban J connectivity index is 1.61. The topological polar surface area (TPSA) is 79.0 Å². The van der Waals surface area contributed by atoms with Gasteiger partial charge in [-0.15, -0.1) is 0 Å². The van der Waals surface area contributed by atoms with Crippen LogP contribution in [0.3, 0.4) is 0 Å². The van der Waals surface area contributed by atoms with Crippen molar-refractivity contribution < 1.29 is 9.67 Å². The van der Waals surface area contributed by atoms with E-state index in [1.165, 1.54) is 7.05 Å². The van der Waals surface area contributed by atoms with Crippen molar-refractivity contribution in [3.63, 3.8) is 0 Å². The first-order chi connectivity index (χ1) is 19.5. The summed E-state index contributed by atoms with van der Waals surface area (Å²) >= 11 is 0. The van der Waals surface area contributed by atoms with Crippen molar-refractivity contribution >= 4 is 0 Å². The van der Waals surface area contributed by atoms with Crippen molar-refractivity contribution in [2.75, 3.05) is 0 Å². The smallest absolute Gasteiger partial charge is 0.330 e. The molecule has 0 aliphatic rings. The van der Waals surface area contributed by atoms with Crippen LogP contribution in [-0.2, 0) is 7.05 Å². The third-order valence-electron chi connectivity index (χ3n) is 7.01. The lowest BCUT2D eigenvalue weighted by molar-refractivity contribution is -0.572. The van der Waals surface area contributed by atoms with Gasteiger partial charge in [-0.3, -0.25) is 14.3 Å². The summed E-state index contributed by atoms with van der Waals surface area (Å²) < 4.78 is 3.15. The summed E-state index contributed by atoms with van der Waals surface area (Å²) in [7, 11) is 1.38. The summed E-state index contributed by atoms with van der Waals surface area (Å²) in [5.74, 6) is -0.448. The van der Waals surface area contributed by atoms with Gasteiger partial charge in [-0.25, -0.2) is 4.79 Å². The predicted octanol–water partition coefficient (Wildman–Crippen LogP) is 5.72. The van der Waals surface area contributed by atoms with Gasteiger partial charge in [-0.05, 0) is 53.1 Å². The van der Waals surface area contributed by atoms with E-state index < -0.39 is 17.1 Å². The normalized spacial score (nSPS) is 10.9. The number of hydrogen-bond donors (Lipinski definition) is 2. The summed E-state index contributed by atoms with van der Waals surface area (Å²) in [4.78, 5) is 27.0. The molecular formula is C34H26N3O3+. The molecule has 0 fully saturated rings. The van der Waals surface area contributed by atoms with Crippen LogP contribution in [-0.4, -0.2) is 14.7 Å². The molecule has 2 heterocycles. The minimum absolute atomic E-state index is 0.0460. The van der Waals surface area contributed by atoms with E-state index in [1.54, 1.807) is 12.1 Å². The first-order valence-corrected chi connectivity index (χ1v) is 12.9. The van der Waals surface area contributed by atoms with Gasteiger partial charge in [0.2, 0.25) is 23.0 Å². The summed E-state index contributed by atoms with van der Waals surface area (Å²) in [6.45, 7) is 0. The molecule has 0 radical (unpaired) electrons. The fraction of sp³-hybridized carbons (Fsp3) is 0.0294. The quantitative estimate of drug-likeness (QED) is 0.283. The lowest BCUT2D eigenvalue weighted by atomic mass is 9.98. The number of rotatable bonds is 5. The molecule has 0 spiro atoms. The molecule has 0 saturated heterocycles. The molecule has 0 aliphatic carbocycles. The standard InChI is InChI=1S/C34H25N3O3/c1-36-33(39)31(32(38)35-34(36)40)26-17-19-28(20-18-26)37-29(24-13-7-3-8-14-24)21-27(23-11-5-2-6-12-23)22-30(37)25-15-9-4-10-16-25/h2-22H,1H3,(H-,35,38,39,40)/p+1. The van der Waals surface area contributed by atoms with E-state index in [1.807, 2.05) is 66.7 Å². The van der Waals surface area contributed by atoms with Crippen LogP contribution < -0.4 is 15.8 Å². The Bertz CT molecular complexity index is 1870. The second-order valence-corrected chi connectivity index (χ2v) is 9.51. The second-order valence-electron chi connectivity index (χ2n) is 9.51. The fourth-order valence-electron chi connectivity index (χ4n) is 4.96. The number of benzene rings is 4.